The van der Waals surface area contributed by atoms with Gasteiger partial charge in [-0.05, 0) is 44.9 Å². The third-order valence-electron chi connectivity index (χ3n) is 3.73. The number of likely N-dealkylation sites (tertiary alicyclic amines) is 1. The summed E-state index contributed by atoms with van der Waals surface area (Å²) in [5, 5.41) is 0. The average Bonchev–Trinajstić information content (AvgIpc) is 2.79. The Morgan fingerprint density at radius 2 is 2.35 bits per heavy atom. The fraction of sp³-hybridized carbons (Fsp3) is 0.533. The smallest absolute Gasteiger partial charge is 0.263 e. The molecule has 0 bridgehead atoms. The summed E-state index contributed by atoms with van der Waals surface area (Å²) in [6.45, 7) is 4.97. The molecular weight excluding hydrogens is 259 g/mol. The lowest BCUT2D eigenvalue weighted by Gasteiger charge is -2.25. The van der Waals surface area contributed by atoms with Gasteiger partial charge in [-0.2, -0.15) is 0 Å². The maximum atomic E-state index is 13.1. The molecule has 1 aliphatic rings. The molecule has 20 heavy (non-hydrogen) atoms. The van der Waals surface area contributed by atoms with Gasteiger partial charge in [0.1, 0.15) is 11.6 Å². The molecule has 4 nitrogen and oxygen atoms in total. The van der Waals surface area contributed by atoms with Crippen molar-refractivity contribution in [2.45, 2.75) is 32.4 Å². The van der Waals surface area contributed by atoms with Crippen molar-refractivity contribution in [3.05, 3.63) is 30.1 Å². The third-order valence-corrected chi connectivity index (χ3v) is 3.73. The molecule has 2 N–H and O–H groups in total. The monoisotopic (exact) mass is 280 g/mol. The van der Waals surface area contributed by atoms with Crippen molar-refractivity contribution >= 4 is 5.91 Å². The first-order valence-corrected chi connectivity index (χ1v) is 6.94. The molecule has 1 amide bonds. The summed E-state index contributed by atoms with van der Waals surface area (Å²) >= 11 is 0. The number of hydrogen-bond acceptors (Lipinski definition) is 3. The zero-order valence-electron chi connectivity index (χ0n) is 11.9. The van der Waals surface area contributed by atoms with Crippen LogP contribution >= 0.6 is 0 Å². The zero-order valence-corrected chi connectivity index (χ0v) is 11.9. The molecule has 2 rings (SSSR count). The van der Waals surface area contributed by atoms with Gasteiger partial charge >= 0.3 is 0 Å². The molecule has 1 aliphatic heterocycles. The van der Waals surface area contributed by atoms with Gasteiger partial charge in [0.05, 0.1) is 0 Å². The Hall–Kier alpha value is -1.62. The van der Waals surface area contributed by atoms with E-state index in [-0.39, 0.29) is 17.8 Å². The third kappa shape index (κ3) is 3.28. The first-order valence-electron chi connectivity index (χ1n) is 6.94. The van der Waals surface area contributed by atoms with Crippen molar-refractivity contribution in [2.75, 3.05) is 13.1 Å². The number of nitrogens with zero attached hydrogens (tertiary/aromatic N) is 1. The van der Waals surface area contributed by atoms with Crippen LogP contribution in [0, 0.1) is 11.7 Å². The van der Waals surface area contributed by atoms with Gasteiger partial charge in [-0.15, -0.1) is 0 Å². The van der Waals surface area contributed by atoms with Crippen molar-refractivity contribution in [2.24, 2.45) is 11.7 Å². The van der Waals surface area contributed by atoms with E-state index in [1.807, 2.05) is 11.8 Å². The fourth-order valence-corrected chi connectivity index (χ4v) is 2.65. The minimum atomic E-state index is -0.629. The van der Waals surface area contributed by atoms with Crippen LogP contribution in [0.15, 0.2) is 24.3 Å². The molecule has 1 heterocycles. The summed E-state index contributed by atoms with van der Waals surface area (Å²) in [7, 11) is 0. The van der Waals surface area contributed by atoms with Crippen LogP contribution in [0.5, 0.6) is 5.75 Å². The molecule has 1 aromatic carbocycles. The highest BCUT2D eigenvalue weighted by atomic mass is 19.1. The Kier molecular flexibility index (Phi) is 4.60. The maximum absolute atomic E-state index is 13.1. The lowest BCUT2D eigenvalue weighted by atomic mass is 10.1. The van der Waals surface area contributed by atoms with Crippen molar-refractivity contribution in [3.63, 3.8) is 0 Å². The van der Waals surface area contributed by atoms with Crippen LogP contribution in [-0.4, -0.2) is 36.0 Å². The lowest BCUT2D eigenvalue weighted by Crippen LogP contribution is -2.42. The SMILES string of the molecule is CC(Oc1cccc(F)c1)C(=O)N1CC(CN)CC1C. The maximum Gasteiger partial charge on any atom is 0.263 e. The van der Waals surface area contributed by atoms with Crippen LogP contribution in [0.2, 0.25) is 0 Å². The van der Waals surface area contributed by atoms with Crippen molar-refractivity contribution < 1.29 is 13.9 Å². The molecule has 1 saturated heterocycles. The molecule has 0 saturated carbocycles. The quantitative estimate of drug-likeness (QED) is 0.915. The fourth-order valence-electron chi connectivity index (χ4n) is 2.65. The van der Waals surface area contributed by atoms with Gasteiger partial charge in [-0.3, -0.25) is 4.79 Å². The second-order valence-electron chi connectivity index (χ2n) is 5.39. The van der Waals surface area contributed by atoms with E-state index in [1.54, 1.807) is 19.1 Å². The van der Waals surface area contributed by atoms with Gasteiger partial charge in [0.2, 0.25) is 0 Å². The van der Waals surface area contributed by atoms with E-state index in [4.69, 9.17) is 10.5 Å². The largest absolute Gasteiger partial charge is 0.481 e. The normalized spacial score (nSPS) is 23.7. The van der Waals surface area contributed by atoms with Crippen LogP contribution in [0.25, 0.3) is 0 Å². The standard InChI is InChI=1S/C15H21FN2O2/c1-10-6-12(8-17)9-18(10)15(19)11(2)20-14-5-3-4-13(16)7-14/h3-5,7,10-12H,6,8-9,17H2,1-2H3. The zero-order chi connectivity index (χ0) is 14.7. The number of benzene rings is 1. The lowest BCUT2D eigenvalue weighted by molar-refractivity contribution is -0.138. The Labute approximate surface area is 118 Å². The number of hydrogen-bond donors (Lipinski definition) is 1. The van der Waals surface area contributed by atoms with Crippen LogP contribution in [-0.2, 0) is 4.79 Å². The van der Waals surface area contributed by atoms with E-state index >= 15 is 0 Å². The number of amides is 1. The topological polar surface area (TPSA) is 55.6 Å². The molecule has 1 aromatic rings. The highest BCUT2D eigenvalue weighted by molar-refractivity contribution is 5.81. The van der Waals surface area contributed by atoms with Crippen LogP contribution < -0.4 is 10.5 Å². The molecule has 0 aliphatic carbocycles. The predicted molar refractivity (Wildman–Crippen MR) is 74.8 cm³/mol. The van der Waals surface area contributed by atoms with Gasteiger partial charge in [-0.25, -0.2) is 4.39 Å². The predicted octanol–water partition coefficient (Wildman–Crippen LogP) is 1.79. The van der Waals surface area contributed by atoms with Gasteiger partial charge in [0, 0.05) is 18.7 Å². The highest BCUT2D eigenvalue weighted by Gasteiger charge is 2.34. The Bertz CT molecular complexity index is 481. The van der Waals surface area contributed by atoms with Gasteiger partial charge in [0.25, 0.3) is 5.91 Å². The number of ether oxygens (including phenoxy) is 1. The minimum absolute atomic E-state index is 0.0716. The summed E-state index contributed by atoms with van der Waals surface area (Å²) in [4.78, 5) is 14.2. The molecule has 3 atom stereocenters. The molecule has 0 radical (unpaired) electrons. The summed E-state index contributed by atoms with van der Waals surface area (Å²) in [6, 6.07) is 6.00. The molecule has 3 unspecified atom stereocenters. The first-order chi connectivity index (χ1) is 9.51. The summed E-state index contributed by atoms with van der Waals surface area (Å²) in [5.74, 6) is 0.279. The molecular formula is C15H21FN2O2. The van der Waals surface area contributed by atoms with Crippen molar-refractivity contribution in [1.29, 1.82) is 0 Å². The second kappa shape index (κ2) is 6.22. The van der Waals surface area contributed by atoms with Crippen molar-refractivity contribution in [3.8, 4) is 5.75 Å². The van der Waals surface area contributed by atoms with E-state index in [0.29, 0.717) is 24.8 Å². The summed E-state index contributed by atoms with van der Waals surface area (Å²) < 4.78 is 18.6. The van der Waals surface area contributed by atoms with E-state index in [0.717, 1.165) is 6.42 Å². The molecule has 5 heteroatoms. The summed E-state index contributed by atoms with van der Waals surface area (Å²) in [5.41, 5.74) is 5.66. The molecule has 1 fully saturated rings. The Balaban J connectivity index is 1.98. The van der Waals surface area contributed by atoms with Crippen LogP contribution in [0.3, 0.4) is 0 Å². The molecule has 110 valence electrons. The number of nitrogens with two attached hydrogens (primary N) is 1. The number of rotatable bonds is 4. The van der Waals surface area contributed by atoms with Gasteiger partial charge in [-0.1, -0.05) is 6.07 Å². The van der Waals surface area contributed by atoms with Crippen LogP contribution in [0.4, 0.5) is 4.39 Å². The first kappa shape index (κ1) is 14.8. The van der Waals surface area contributed by atoms with Gasteiger partial charge in [0.15, 0.2) is 6.10 Å². The average molecular weight is 280 g/mol. The highest BCUT2D eigenvalue weighted by Crippen LogP contribution is 2.24. The van der Waals surface area contributed by atoms with E-state index in [9.17, 15) is 9.18 Å². The van der Waals surface area contributed by atoms with Crippen molar-refractivity contribution in [1.82, 2.24) is 4.90 Å². The summed E-state index contributed by atoms with van der Waals surface area (Å²) in [6.07, 6.45) is 0.297. The van der Waals surface area contributed by atoms with Crippen LogP contribution in [0.1, 0.15) is 20.3 Å². The minimum Gasteiger partial charge on any atom is -0.481 e. The van der Waals surface area contributed by atoms with Gasteiger partial charge < -0.3 is 15.4 Å². The molecule has 0 spiro atoms. The number of carbonyl (C=O) groups is 1. The second-order valence-corrected chi connectivity index (χ2v) is 5.39. The van der Waals surface area contributed by atoms with E-state index in [2.05, 4.69) is 0 Å². The Morgan fingerprint density at radius 1 is 1.60 bits per heavy atom. The van der Waals surface area contributed by atoms with E-state index in [1.165, 1.54) is 12.1 Å². The number of carbonyl (C=O) groups excluding carboxylic acids is 1. The Morgan fingerprint density at radius 3 is 2.95 bits per heavy atom. The molecule has 0 aromatic heterocycles. The van der Waals surface area contributed by atoms with E-state index < -0.39 is 6.10 Å². The number of halogens is 1.